The van der Waals surface area contributed by atoms with Gasteiger partial charge in [-0.25, -0.2) is 12.8 Å². The van der Waals surface area contributed by atoms with Gasteiger partial charge in [0.2, 0.25) is 10.0 Å². The average molecular weight is 410 g/mol. The van der Waals surface area contributed by atoms with Gasteiger partial charge in [-0.15, -0.1) is 0 Å². The Morgan fingerprint density at radius 3 is 2.26 bits per heavy atom. The summed E-state index contributed by atoms with van der Waals surface area (Å²) in [6.07, 6.45) is 0. The molecule has 2 rings (SSSR count). The second kappa shape index (κ2) is 9.25. The van der Waals surface area contributed by atoms with E-state index >= 15 is 0 Å². The van der Waals surface area contributed by atoms with Crippen LogP contribution in [0.2, 0.25) is 0 Å². The van der Waals surface area contributed by atoms with Crippen LogP contribution in [0, 0.1) is 5.82 Å². The number of para-hydroxylation sites is 1. The molecule has 0 aromatic heterocycles. The van der Waals surface area contributed by atoms with Gasteiger partial charge in [-0.1, -0.05) is 38.1 Å². The molecular formula is C19H24FN3O2S2. The van der Waals surface area contributed by atoms with E-state index in [1.807, 2.05) is 20.8 Å². The van der Waals surface area contributed by atoms with Crippen LogP contribution in [0.3, 0.4) is 0 Å². The van der Waals surface area contributed by atoms with Crippen LogP contribution in [0.4, 0.5) is 10.1 Å². The molecule has 146 valence electrons. The zero-order valence-electron chi connectivity index (χ0n) is 15.6. The topological polar surface area (TPSA) is 61.4 Å². The third kappa shape index (κ3) is 5.24. The van der Waals surface area contributed by atoms with Crippen molar-refractivity contribution in [2.24, 2.45) is 0 Å². The molecule has 0 aliphatic carbocycles. The zero-order valence-corrected chi connectivity index (χ0v) is 17.2. The predicted molar refractivity (Wildman–Crippen MR) is 111 cm³/mol. The van der Waals surface area contributed by atoms with E-state index < -0.39 is 10.0 Å². The third-order valence-corrected chi connectivity index (χ3v) is 6.48. The molecule has 0 bridgehead atoms. The van der Waals surface area contributed by atoms with E-state index in [2.05, 4.69) is 10.6 Å². The van der Waals surface area contributed by atoms with Crippen molar-refractivity contribution >= 4 is 33.0 Å². The highest BCUT2D eigenvalue weighted by Crippen LogP contribution is 2.20. The van der Waals surface area contributed by atoms with Crippen molar-refractivity contribution in [3.05, 3.63) is 59.9 Å². The number of nitrogens with one attached hydrogen (secondary N) is 2. The Hall–Kier alpha value is -2.03. The Bertz CT molecular complexity index is 882. The molecule has 2 aromatic rings. The summed E-state index contributed by atoms with van der Waals surface area (Å²) < 4.78 is 40.2. The molecule has 0 aliphatic rings. The first-order valence-electron chi connectivity index (χ1n) is 8.71. The second-order valence-corrected chi connectivity index (χ2v) is 8.30. The average Bonchev–Trinajstić information content (AvgIpc) is 2.64. The Labute approximate surface area is 165 Å². The molecule has 0 fully saturated rings. The smallest absolute Gasteiger partial charge is 0.243 e. The van der Waals surface area contributed by atoms with Crippen molar-refractivity contribution in [1.82, 2.24) is 9.62 Å². The first-order valence-corrected chi connectivity index (χ1v) is 10.6. The molecule has 8 heteroatoms. The van der Waals surface area contributed by atoms with Gasteiger partial charge in [0, 0.05) is 13.1 Å². The lowest BCUT2D eigenvalue weighted by Gasteiger charge is -2.20. The van der Waals surface area contributed by atoms with Gasteiger partial charge < -0.3 is 10.6 Å². The van der Waals surface area contributed by atoms with Gasteiger partial charge in [-0.3, -0.25) is 0 Å². The minimum absolute atomic E-state index is 0.179. The molecule has 5 nitrogen and oxygen atoms in total. The highest BCUT2D eigenvalue weighted by molar-refractivity contribution is 7.89. The maximum absolute atomic E-state index is 13.7. The molecule has 0 aliphatic heterocycles. The normalized spacial score (nSPS) is 12.6. The fraction of sp³-hybridized carbons (Fsp3) is 0.316. The van der Waals surface area contributed by atoms with Gasteiger partial charge in [-0.05, 0) is 49.0 Å². The summed E-state index contributed by atoms with van der Waals surface area (Å²) in [7, 11) is -3.48. The molecule has 0 heterocycles. The standard InChI is InChI=1S/C19H24FN3O2S2/c1-4-23(5-2)27(24,25)16-12-10-15(11-13-16)14(3)21-19(26)22-18-9-7-6-8-17(18)20/h6-14H,4-5H2,1-3H3,(H2,21,22,26)/t14-/m1/s1. The number of anilines is 1. The molecule has 2 aromatic carbocycles. The lowest BCUT2D eigenvalue weighted by atomic mass is 10.1. The Morgan fingerprint density at radius 1 is 1.11 bits per heavy atom. The van der Waals surface area contributed by atoms with Crippen molar-refractivity contribution in [2.75, 3.05) is 18.4 Å². The largest absolute Gasteiger partial charge is 0.356 e. The van der Waals surface area contributed by atoms with Crippen molar-refractivity contribution in [3.8, 4) is 0 Å². The fourth-order valence-corrected chi connectivity index (χ4v) is 4.39. The van der Waals surface area contributed by atoms with Gasteiger partial charge in [0.15, 0.2) is 5.11 Å². The van der Waals surface area contributed by atoms with Gasteiger partial charge in [0.05, 0.1) is 16.6 Å². The highest BCUT2D eigenvalue weighted by Gasteiger charge is 2.21. The maximum atomic E-state index is 13.7. The summed E-state index contributed by atoms with van der Waals surface area (Å²) in [5.74, 6) is -0.389. The summed E-state index contributed by atoms with van der Waals surface area (Å²) in [5.41, 5.74) is 1.16. The molecule has 0 saturated carbocycles. The molecule has 0 radical (unpaired) electrons. The van der Waals surface area contributed by atoms with Crippen LogP contribution in [-0.2, 0) is 10.0 Å². The van der Waals surface area contributed by atoms with E-state index in [1.165, 1.54) is 10.4 Å². The fourth-order valence-electron chi connectivity index (χ4n) is 2.64. The van der Waals surface area contributed by atoms with Crippen molar-refractivity contribution in [2.45, 2.75) is 31.7 Å². The number of nitrogens with zero attached hydrogens (tertiary/aromatic N) is 1. The second-order valence-electron chi connectivity index (χ2n) is 5.96. The van der Waals surface area contributed by atoms with E-state index in [9.17, 15) is 12.8 Å². The first kappa shape index (κ1) is 21.3. The van der Waals surface area contributed by atoms with Gasteiger partial charge >= 0.3 is 0 Å². The molecule has 1 atom stereocenters. The summed E-state index contributed by atoms with van der Waals surface area (Å²) in [6, 6.07) is 12.8. The molecule has 0 saturated heterocycles. The number of rotatable bonds is 7. The number of halogens is 1. The quantitative estimate of drug-likeness (QED) is 0.679. The summed E-state index contributed by atoms with van der Waals surface area (Å²) in [5, 5.41) is 6.17. The van der Waals surface area contributed by atoms with Crippen LogP contribution in [0.5, 0.6) is 0 Å². The van der Waals surface area contributed by atoms with Crippen LogP contribution < -0.4 is 10.6 Å². The molecule has 0 spiro atoms. The molecule has 0 unspecified atom stereocenters. The number of benzene rings is 2. The van der Waals surface area contributed by atoms with E-state index in [0.717, 1.165) is 5.56 Å². The van der Waals surface area contributed by atoms with Crippen LogP contribution in [0.1, 0.15) is 32.4 Å². The third-order valence-electron chi connectivity index (χ3n) is 4.19. The van der Waals surface area contributed by atoms with Crippen LogP contribution >= 0.6 is 12.2 Å². The van der Waals surface area contributed by atoms with Gasteiger partial charge in [-0.2, -0.15) is 4.31 Å². The van der Waals surface area contributed by atoms with E-state index in [4.69, 9.17) is 12.2 Å². The van der Waals surface area contributed by atoms with Crippen molar-refractivity contribution in [3.63, 3.8) is 0 Å². The molecule has 0 amide bonds. The minimum Gasteiger partial charge on any atom is -0.356 e. The predicted octanol–water partition coefficient (Wildman–Crippen LogP) is 3.90. The van der Waals surface area contributed by atoms with Crippen LogP contribution in [0.15, 0.2) is 53.4 Å². The van der Waals surface area contributed by atoms with Crippen molar-refractivity contribution in [1.29, 1.82) is 0 Å². The number of hydrogen-bond donors (Lipinski definition) is 2. The Kier molecular flexibility index (Phi) is 7.29. The van der Waals surface area contributed by atoms with E-state index in [0.29, 0.717) is 18.8 Å². The van der Waals surface area contributed by atoms with Gasteiger partial charge in [0.25, 0.3) is 0 Å². The summed E-state index contributed by atoms with van der Waals surface area (Å²) in [4.78, 5) is 0.259. The Balaban J connectivity index is 2.06. The lowest BCUT2D eigenvalue weighted by Crippen LogP contribution is -2.31. The highest BCUT2D eigenvalue weighted by atomic mass is 32.2. The minimum atomic E-state index is -3.48. The molecule has 27 heavy (non-hydrogen) atoms. The van der Waals surface area contributed by atoms with E-state index in [1.54, 1.807) is 42.5 Å². The number of thiocarbonyl (C=S) groups is 1. The summed E-state index contributed by atoms with van der Waals surface area (Å²) >= 11 is 5.23. The SMILES string of the molecule is CCN(CC)S(=O)(=O)c1ccc([C@@H](C)NC(=S)Nc2ccccc2F)cc1. The van der Waals surface area contributed by atoms with Crippen LogP contribution in [-0.4, -0.2) is 30.9 Å². The molecule has 2 N–H and O–H groups in total. The van der Waals surface area contributed by atoms with Crippen LogP contribution in [0.25, 0.3) is 0 Å². The maximum Gasteiger partial charge on any atom is 0.243 e. The van der Waals surface area contributed by atoms with E-state index in [-0.39, 0.29) is 21.9 Å². The zero-order chi connectivity index (χ0) is 20.0. The van der Waals surface area contributed by atoms with Crippen molar-refractivity contribution < 1.29 is 12.8 Å². The number of hydrogen-bond acceptors (Lipinski definition) is 3. The Morgan fingerprint density at radius 2 is 1.70 bits per heavy atom. The van der Waals surface area contributed by atoms with Gasteiger partial charge in [0.1, 0.15) is 5.82 Å². The lowest BCUT2D eigenvalue weighted by molar-refractivity contribution is 0.445. The monoisotopic (exact) mass is 409 g/mol. The number of sulfonamides is 1. The first-order chi connectivity index (χ1) is 12.8. The summed E-state index contributed by atoms with van der Waals surface area (Å²) in [6.45, 7) is 6.36. The molecular weight excluding hydrogens is 385 g/mol.